The summed E-state index contributed by atoms with van der Waals surface area (Å²) < 4.78 is 5.89. The summed E-state index contributed by atoms with van der Waals surface area (Å²) in [4.78, 5) is 17.0. The third-order valence-electron chi connectivity index (χ3n) is 4.79. The zero-order chi connectivity index (χ0) is 18.5. The maximum Gasteiger partial charge on any atom is 0.229 e. The second kappa shape index (κ2) is 10.8. The fraction of sp³-hybridized carbons (Fsp3) is 0.182. The van der Waals surface area contributed by atoms with Crippen LogP contribution in [0.1, 0.15) is 11.5 Å². The minimum absolute atomic E-state index is 0. The van der Waals surface area contributed by atoms with Crippen LogP contribution >= 0.6 is 24.8 Å². The molecule has 29 heavy (non-hydrogen) atoms. The van der Waals surface area contributed by atoms with Gasteiger partial charge in [-0.3, -0.25) is 9.78 Å². The molecule has 4 rings (SSSR count). The minimum atomic E-state index is -0.126. The van der Waals surface area contributed by atoms with E-state index in [9.17, 15) is 4.79 Å². The van der Waals surface area contributed by atoms with Crippen LogP contribution in [-0.2, 0) is 4.79 Å². The molecule has 0 unspecified atom stereocenters. The molecule has 0 saturated carbocycles. The number of benzene rings is 2. The van der Waals surface area contributed by atoms with Gasteiger partial charge in [-0.2, -0.15) is 0 Å². The standard InChI is InChI=1S/C22H21N3O2.2ClH/c26-22(19-15-24-14-18(19)16-7-2-1-3-8-16)25-20-10-4-5-11-21(20)27-17-9-6-12-23-13-17;;/h1-13,18-19,24H,14-15H2,(H,25,26);2*1H/t18-,19+;;/m1../s1. The maximum atomic E-state index is 13.0. The van der Waals surface area contributed by atoms with Gasteiger partial charge in [-0.1, -0.05) is 42.5 Å². The monoisotopic (exact) mass is 431 g/mol. The lowest BCUT2D eigenvalue weighted by atomic mass is 9.88. The van der Waals surface area contributed by atoms with Gasteiger partial charge in [0.05, 0.1) is 17.8 Å². The number of nitrogens with zero attached hydrogens (tertiary/aromatic N) is 1. The summed E-state index contributed by atoms with van der Waals surface area (Å²) in [5.41, 5.74) is 1.84. The normalized spacial score (nSPS) is 17.5. The highest BCUT2D eigenvalue weighted by Crippen LogP contribution is 2.32. The summed E-state index contributed by atoms with van der Waals surface area (Å²) in [6, 6.07) is 21.3. The lowest BCUT2D eigenvalue weighted by molar-refractivity contribution is -0.119. The summed E-state index contributed by atoms with van der Waals surface area (Å²) in [6.07, 6.45) is 3.34. The van der Waals surface area contributed by atoms with Gasteiger partial charge in [0, 0.05) is 25.2 Å². The van der Waals surface area contributed by atoms with Crippen molar-refractivity contribution in [3.05, 3.63) is 84.7 Å². The van der Waals surface area contributed by atoms with Crippen LogP contribution in [0.25, 0.3) is 0 Å². The molecular formula is C22H23Cl2N3O2. The first-order chi connectivity index (χ1) is 13.3. The molecule has 1 aliphatic heterocycles. The molecule has 1 aliphatic rings. The molecule has 2 heterocycles. The lowest BCUT2D eigenvalue weighted by Gasteiger charge is -2.19. The van der Waals surface area contributed by atoms with Gasteiger partial charge in [-0.05, 0) is 29.8 Å². The number of carbonyl (C=O) groups excluding carboxylic acids is 1. The van der Waals surface area contributed by atoms with Crippen molar-refractivity contribution in [1.82, 2.24) is 10.3 Å². The summed E-state index contributed by atoms with van der Waals surface area (Å²) in [6.45, 7) is 1.47. The number of carbonyl (C=O) groups is 1. The molecule has 152 valence electrons. The van der Waals surface area contributed by atoms with E-state index in [0.717, 1.165) is 6.54 Å². The van der Waals surface area contributed by atoms with Crippen LogP contribution in [0, 0.1) is 5.92 Å². The molecule has 7 heteroatoms. The topological polar surface area (TPSA) is 63.2 Å². The largest absolute Gasteiger partial charge is 0.454 e. The Bertz CT molecular complexity index is 910. The number of hydrogen-bond donors (Lipinski definition) is 2. The average molecular weight is 432 g/mol. The summed E-state index contributed by atoms with van der Waals surface area (Å²) in [5, 5.41) is 6.39. The molecule has 1 aromatic heterocycles. The third kappa shape index (κ3) is 5.48. The first-order valence-electron chi connectivity index (χ1n) is 9.05. The van der Waals surface area contributed by atoms with E-state index in [1.165, 1.54) is 5.56 Å². The Labute approximate surface area is 182 Å². The molecule has 2 aromatic carbocycles. The van der Waals surface area contributed by atoms with Gasteiger partial charge in [0.2, 0.25) is 5.91 Å². The van der Waals surface area contributed by atoms with Gasteiger partial charge >= 0.3 is 0 Å². The fourth-order valence-corrected chi connectivity index (χ4v) is 3.42. The number of ether oxygens (including phenoxy) is 1. The van der Waals surface area contributed by atoms with Crippen molar-refractivity contribution in [3.63, 3.8) is 0 Å². The van der Waals surface area contributed by atoms with Gasteiger partial charge in [-0.25, -0.2) is 0 Å². The minimum Gasteiger partial charge on any atom is -0.454 e. The van der Waals surface area contributed by atoms with Crippen molar-refractivity contribution in [3.8, 4) is 11.5 Å². The number of rotatable bonds is 5. The average Bonchev–Trinajstić information content (AvgIpc) is 3.21. The van der Waals surface area contributed by atoms with Crippen LogP contribution in [0.15, 0.2) is 79.1 Å². The van der Waals surface area contributed by atoms with Crippen molar-refractivity contribution in [2.75, 3.05) is 18.4 Å². The van der Waals surface area contributed by atoms with Crippen molar-refractivity contribution in [2.45, 2.75) is 5.92 Å². The number of amides is 1. The molecule has 3 aromatic rings. The van der Waals surface area contributed by atoms with E-state index in [0.29, 0.717) is 23.7 Å². The Balaban J connectivity index is 0.00000150. The molecule has 0 aliphatic carbocycles. The Hall–Kier alpha value is -2.60. The molecule has 5 nitrogen and oxygen atoms in total. The smallest absolute Gasteiger partial charge is 0.229 e. The van der Waals surface area contributed by atoms with Gasteiger partial charge in [0.1, 0.15) is 5.75 Å². The maximum absolute atomic E-state index is 13.0. The summed E-state index contributed by atoms with van der Waals surface area (Å²) in [5.74, 6) is 1.26. The number of para-hydroxylation sites is 2. The van der Waals surface area contributed by atoms with Crippen molar-refractivity contribution in [1.29, 1.82) is 0 Å². The SMILES string of the molecule is Cl.Cl.O=C(Nc1ccccc1Oc1cccnc1)[C@H]1CNC[C@@H]1c1ccccc1. The zero-order valence-corrected chi connectivity index (χ0v) is 17.3. The molecule has 0 radical (unpaired) electrons. The van der Waals surface area contributed by atoms with Gasteiger partial charge in [0.15, 0.2) is 5.75 Å². The van der Waals surface area contributed by atoms with Crippen molar-refractivity contribution < 1.29 is 9.53 Å². The van der Waals surface area contributed by atoms with E-state index < -0.39 is 0 Å². The molecule has 1 amide bonds. The zero-order valence-electron chi connectivity index (χ0n) is 15.7. The van der Waals surface area contributed by atoms with E-state index >= 15 is 0 Å². The lowest BCUT2D eigenvalue weighted by Crippen LogP contribution is -2.28. The molecule has 1 saturated heterocycles. The molecule has 2 N–H and O–H groups in total. The number of halogens is 2. The number of hydrogen-bond acceptors (Lipinski definition) is 4. The molecule has 0 bridgehead atoms. The highest BCUT2D eigenvalue weighted by molar-refractivity contribution is 5.95. The van der Waals surface area contributed by atoms with Crippen LogP contribution in [0.3, 0.4) is 0 Å². The van der Waals surface area contributed by atoms with E-state index in [4.69, 9.17) is 4.74 Å². The predicted octanol–water partition coefficient (Wildman–Crippen LogP) is 4.66. The van der Waals surface area contributed by atoms with E-state index in [1.54, 1.807) is 12.4 Å². The van der Waals surface area contributed by atoms with Gasteiger partial charge in [0.25, 0.3) is 0 Å². The second-order valence-corrected chi connectivity index (χ2v) is 6.56. The van der Waals surface area contributed by atoms with Crippen LogP contribution in [0.4, 0.5) is 5.69 Å². The highest BCUT2D eigenvalue weighted by atomic mass is 35.5. The summed E-state index contributed by atoms with van der Waals surface area (Å²) in [7, 11) is 0. The second-order valence-electron chi connectivity index (χ2n) is 6.56. The van der Waals surface area contributed by atoms with E-state index in [-0.39, 0.29) is 42.6 Å². The quantitative estimate of drug-likeness (QED) is 0.616. The van der Waals surface area contributed by atoms with Gasteiger partial charge < -0.3 is 15.4 Å². The van der Waals surface area contributed by atoms with Crippen molar-refractivity contribution in [2.24, 2.45) is 5.92 Å². The predicted molar refractivity (Wildman–Crippen MR) is 119 cm³/mol. The Morgan fingerprint density at radius 2 is 1.72 bits per heavy atom. The Kier molecular flexibility index (Phi) is 8.46. The summed E-state index contributed by atoms with van der Waals surface area (Å²) >= 11 is 0. The highest BCUT2D eigenvalue weighted by Gasteiger charge is 2.34. The fourth-order valence-electron chi connectivity index (χ4n) is 3.42. The molecule has 2 atom stereocenters. The Morgan fingerprint density at radius 3 is 2.48 bits per heavy atom. The van der Waals surface area contributed by atoms with Crippen LogP contribution in [-0.4, -0.2) is 24.0 Å². The van der Waals surface area contributed by atoms with Gasteiger partial charge in [-0.15, -0.1) is 24.8 Å². The number of pyridine rings is 1. The van der Waals surface area contributed by atoms with E-state index in [2.05, 4.69) is 27.8 Å². The molecular weight excluding hydrogens is 409 g/mol. The first kappa shape index (κ1) is 22.7. The Morgan fingerprint density at radius 1 is 0.966 bits per heavy atom. The molecule has 0 spiro atoms. The van der Waals surface area contributed by atoms with Crippen LogP contribution in [0.5, 0.6) is 11.5 Å². The van der Waals surface area contributed by atoms with E-state index in [1.807, 2.05) is 54.6 Å². The molecule has 1 fully saturated rings. The van der Waals surface area contributed by atoms with Crippen LogP contribution < -0.4 is 15.4 Å². The van der Waals surface area contributed by atoms with Crippen LogP contribution in [0.2, 0.25) is 0 Å². The first-order valence-corrected chi connectivity index (χ1v) is 9.05. The van der Waals surface area contributed by atoms with Crippen molar-refractivity contribution >= 4 is 36.4 Å². The number of anilines is 1. The number of nitrogens with one attached hydrogen (secondary N) is 2. The number of aromatic nitrogens is 1. The third-order valence-corrected chi connectivity index (χ3v) is 4.79.